The van der Waals surface area contributed by atoms with Gasteiger partial charge in [0.05, 0.1) is 25.0 Å². The lowest BCUT2D eigenvalue weighted by atomic mass is 10.1. The number of anilines is 1. The second kappa shape index (κ2) is 9.17. The van der Waals surface area contributed by atoms with Crippen LogP contribution in [-0.4, -0.2) is 34.9 Å². The van der Waals surface area contributed by atoms with Crippen LogP contribution in [0.2, 0.25) is 0 Å². The first-order valence-corrected chi connectivity index (χ1v) is 9.99. The molecule has 4 aromatic rings. The summed E-state index contributed by atoms with van der Waals surface area (Å²) < 4.78 is 7.02. The normalized spacial score (nSPS) is 10.5. The molecule has 1 aromatic heterocycles. The van der Waals surface area contributed by atoms with Crippen LogP contribution in [0.25, 0.3) is 16.9 Å². The number of carbonyl (C=O) groups is 1. The second-order valence-electron chi connectivity index (χ2n) is 7.16. The van der Waals surface area contributed by atoms with Crippen molar-refractivity contribution in [3.63, 3.8) is 0 Å². The van der Waals surface area contributed by atoms with Crippen LogP contribution in [-0.2, 0) is 6.54 Å². The van der Waals surface area contributed by atoms with Crippen LogP contribution < -0.4 is 10.1 Å². The smallest absolute Gasteiger partial charge is 0.321 e. The molecule has 0 unspecified atom stereocenters. The van der Waals surface area contributed by atoms with Crippen LogP contribution in [0, 0.1) is 0 Å². The Morgan fingerprint density at radius 3 is 2.26 bits per heavy atom. The topological polar surface area (TPSA) is 59.4 Å². The van der Waals surface area contributed by atoms with Crippen LogP contribution in [0.3, 0.4) is 0 Å². The molecule has 0 spiro atoms. The zero-order valence-electron chi connectivity index (χ0n) is 17.5. The molecule has 31 heavy (non-hydrogen) atoms. The van der Waals surface area contributed by atoms with Crippen molar-refractivity contribution in [3.8, 4) is 22.7 Å². The maximum atomic E-state index is 12.8. The molecular weight excluding hydrogens is 388 g/mol. The Balaban J connectivity index is 1.57. The fraction of sp³-hybridized carbons (Fsp3) is 0.120. The van der Waals surface area contributed by atoms with E-state index in [9.17, 15) is 4.79 Å². The van der Waals surface area contributed by atoms with Crippen LogP contribution >= 0.6 is 0 Å². The highest BCUT2D eigenvalue weighted by Crippen LogP contribution is 2.25. The summed E-state index contributed by atoms with van der Waals surface area (Å²) in [7, 11) is 3.38. The number of hydrogen-bond acceptors (Lipinski definition) is 3. The van der Waals surface area contributed by atoms with E-state index in [2.05, 4.69) is 5.32 Å². The third-order valence-electron chi connectivity index (χ3n) is 4.95. The van der Waals surface area contributed by atoms with E-state index in [1.807, 2.05) is 95.8 Å². The molecule has 6 nitrogen and oxygen atoms in total. The van der Waals surface area contributed by atoms with Gasteiger partial charge in [0.15, 0.2) is 0 Å². The number of nitrogens with one attached hydrogen (secondary N) is 1. The third kappa shape index (κ3) is 4.75. The third-order valence-corrected chi connectivity index (χ3v) is 4.95. The molecule has 0 fully saturated rings. The SMILES string of the molecule is COc1ccc(NC(=O)N(C)Cc2cn(-c3ccccc3)nc2-c2ccccc2)cc1. The van der Waals surface area contributed by atoms with Crippen molar-refractivity contribution < 1.29 is 9.53 Å². The molecule has 6 heteroatoms. The number of nitrogens with zero attached hydrogens (tertiary/aromatic N) is 3. The summed E-state index contributed by atoms with van der Waals surface area (Å²) in [6, 6.07) is 27.0. The molecule has 0 atom stereocenters. The number of ether oxygens (including phenoxy) is 1. The van der Waals surface area contributed by atoms with Gasteiger partial charge in [-0.25, -0.2) is 9.48 Å². The lowest BCUT2D eigenvalue weighted by molar-refractivity contribution is 0.221. The van der Waals surface area contributed by atoms with Crippen LogP contribution in [0.5, 0.6) is 5.75 Å². The highest BCUT2D eigenvalue weighted by molar-refractivity contribution is 5.89. The average molecular weight is 412 g/mol. The van der Waals surface area contributed by atoms with Gasteiger partial charge in [-0.1, -0.05) is 48.5 Å². The zero-order chi connectivity index (χ0) is 21.6. The van der Waals surface area contributed by atoms with Gasteiger partial charge in [0.25, 0.3) is 0 Å². The number of para-hydroxylation sites is 1. The summed E-state index contributed by atoms with van der Waals surface area (Å²) in [6.45, 7) is 0.416. The number of benzene rings is 3. The first kappa shape index (κ1) is 20.2. The van der Waals surface area contributed by atoms with Gasteiger partial charge < -0.3 is 15.0 Å². The van der Waals surface area contributed by atoms with Gasteiger partial charge in [-0.15, -0.1) is 0 Å². The van der Waals surface area contributed by atoms with Gasteiger partial charge in [-0.2, -0.15) is 5.10 Å². The Bertz CT molecular complexity index is 1140. The molecular formula is C25H24N4O2. The van der Waals surface area contributed by atoms with Gasteiger partial charge in [0.2, 0.25) is 0 Å². The van der Waals surface area contributed by atoms with E-state index >= 15 is 0 Å². The van der Waals surface area contributed by atoms with E-state index in [1.54, 1.807) is 19.1 Å². The Kier molecular flexibility index (Phi) is 5.98. The molecule has 0 bridgehead atoms. The van der Waals surface area contributed by atoms with E-state index in [1.165, 1.54) is 0 Å². The maximum Gasteiger partial charge on any atom is 0.321 e. The summed E-state index contributed by atoms with van der Waals surface area (Å²) in [5.41, 5.74) is 4.50. The lowest BCUT2D eigenvalue weighted by Gasteiger charge is -2.18. The summed E-state index contributed by atoms with van der Waals surface area (Å²) in [5.74, 6) is 0.743. The Morgan fingerprint density at radius 1 is 0.968 bits per heavy atom. The van der Waals surface area contributed by atoms with E-state index in [0.29, 0.717) is 12.2 Å². The number of carbonyl (C=O) groups excluding carboxylic acids is 1. The number of urea groups is 1. The highest BCUT2D eigenvalue weighted by Gasteiger charge is 2.17. The first-order chi connectivity index (χ1) is 15.1. The monoisotopic (exact) mass is 412 g/mol. The maximum absolute atomic E-state index is 12.8. The largest absolute Gasteiger partial charge is 0.497 e. The Labute approximate surface area is 181 Å². The van der Waals surface area contributed by atoms with Gasteiger partial charge >= 0.3 is 6.03 Å². The molecule has 4 rings (SSSR count). The predicted octanol–water partition coefficient (Wildman–Crippen LogP) is 5.21. The van der Waals surface area contributed by atoms with E-state index in [-0.39, 0.29) is 6.03 Å². The van der Waals surface area contributed by atoms with Crippen molar-refractivity contribution >= 4 is 11.7 Å². The summed E-state index contributed by atoms with van der Waals surface area (Å²) in [5, 5.41) is 7.73. The van der Waals surface area contributed by atoms with Crippen molar-refractivity contribution in [1.29, 1.82) is 0 Å². The van der Waals surface area contributed by atoms with Crippen LogP contribution in [0.4, 0.5) is 10.5 Å². The zero-order valence-corrected chi connectivity index (χ0v) is 17.5. The fourth-order valence-corrected chi connectivity index (χ4v) is 3.30. The van der Waals surface area contributed by atoms with Gasteiger partial charge in [0, 0.05) is 30.1 Å². The van der Waals surface area contributed by atoms with Gasteiger partial charge in [-0.05, 0) is 36.4 Å². The molecule has 3 aromatic carbocycles. The van der Waals surface area contributed by atoms with Crippen molar-refractivity contribution in [2.45, 2.75) is 6.54 Å². The van der Waals surface area contributed by atoms with Crippen molar-refractivity contribution in [3.05, 3.63) is 96.7 Å². The fourth-order valence-electron chi connectivity index (χ4n) is 3.30. The number of methoxy groups -OCH3 is 1. The predicted molar refractivity (Wildman–Crippen MR) is 122 cm³/mol. The first-order valence-electron chi connectivity index (χ1n) is 9.99. The molecule has 0 saturated carbocycles. The van der Waals surface area contributed by atoms with Crippen molar-refractivity contribution in [1.82, 2.24) is 14.7 Å². The highest BCUT2D eigenvalue weighted by atomic mass is 16.5. The van der Waals surface area contributed by atoms with E-state index in [0.717, 1.165) is 28.3 Å². The lowest BCUT2D eigenvalue weighted by Crippen LogP contribution is -2.30. The average Bonchev–Trinajstić information content (AvgIpc) is 3.24. The molecule has 156 valence electrons. The van der Waals surface area contributed by atoms with Crippen molar-refractivity contribution in [2.24, 2.45) is 0 Å². The standard InChI is InChI=1S/C25H24N4O2/c1-28(25(30)26-21-13-15-23(31-2)16-14-21)17-20-18-29(22-11-7-4-8-12-22)27-24(20)19-9-5-3-6-10-19/h3-16,18H,17H2,1-2H3,(H,26,30). The number of amides is 2. The van der Waals surface area contributed by atoms with Crippen LogP contribution in [0.15, 0.2) is 91.1 Å². The molecule has 0 saturated heterocycles. The molecule has 1 N–H and O–H groups in total. The molecule has 0 aliphatic heterocycles. The van der Waals surface area contributed by atoms with Crippen molar-refractivity contribution in [2.75, 3.05) is 19.5 Å². The molecule has 2 amide bonds. The van der Waals surface area contributed by atoms with E-state index in [4.69, 9.17) is 9.84 Å². The molecule has 0 aliphatic rings. The molecule has 0 aliphatic carbocycles. The second-order valence-corrected chi connectivity index (χ2v) is 7.16. The minimum atomic E-state index is -0.198. The Hall–Kier alpha value is -4.06. The molecule has 1 heterocycles. The van der Waals surface area contributed by atoms with Crippen LogP contribution in [0.1, 0.15) is 5.56 Å². The summed E-state index contributed by atoms with van der Waals surface area (Å²) in [6.07, 6.45) is 1.98. The van der Waals surface area contributed by atoms with Gasteiger partial charge in [0.1, 0.15) is 5.75 Å². The number of hydrogen-bond donors (Lipinski definition) is 1. The number of aromatic nitrogens is 2. The Morgan fingerprint density at radius 2 is 1.61 bits per heavy atom. The summed E-state index contributed by atoms with van der Waals surface area (Å²) in [4.78, 5) is 14.4. The quantitative estimate of drug-likeness (QED) is 0.473. The minimum Gasteiger partial charge on any atom is -0.497 e. The minimum absolute atomic E-state index is 0.198. The van der Waals surface area contributed by atoms with Gasteiger partial charge in [-0.3, -0.25) is 0 Å². The van der Waals surface area contributed by atoms with E-state index < -0.39 is 0 Å². The number of rotatable bonds is 6. The molecule has 0 radical (unpaired) electrons. The summed E-state index contributed by atoms with van der Waals surface area (Å²) >= 11 is 0.